The van der Waals surface area contributed by atoms with E-state index >= 15 is 0 Å². The average molecular weight is 267 g/mol. The fourth-order valence-corrected chi connectivity index (χ4v) is 1.83. The number of hydrogen-bond donors (Lipinski definition) is 2. The lowest BCUT2D eigenvalue weighted by atomic mass is 9.95. The summed E-state index contributed by atoms with van der Waals surface area (Å²) >= 11 is 0. The standard InChI is InChI=1S/C15H25NO3/c1-3-15(17,12-16)9-6-10-19-14-8-5-7-13(11-14)18-4-2/h5,7-8,11,17H,3-4,6,9-10,12,16H2,1-2H3. The van der Waals surface area contributed by atoms with Crippen molar-refractivity contribution >= 4 is 0 Å². The molecule has 1 atom stereocenters. The van der Waals surface area contributed by atoms with Gasteiger partial charge in [0.05, 0.1) is 18.8 Å². The maximum Gasteiger partial charge on any atom is 0.122 e. The molecule has 1 unspecified atom stereocenters. The van der Waals surface area contributed by atoms with Crippen LogP contribution in [0.5, 0.6) is 11.5 Å². The second-order valence-electron chi connectivity index (χ2n) is 4.64. The van der Waals surface area contributed by atoms with Crippen LogP contribution in [0.25, 0.3) is 0 Å². The summed E-state index contributed by atoms with van der Waals surface area (Å²) in [5, 5.41) is 10.0. The van der Waals surface area contributed by atoms with E-state index in [1.54, 1.807) is 0 Å². The van der Waals surface area contributed by atoms with E-state index in [1.165, 1.54) is 0 Å². The molecule has 3 N–H and O–H groups in total. The first-order chi connectivity index (χ1) is 9.13. The molecule has 0 aliphatic carbocycles. The van der Waals surface area contributed by atoms with E-state index in [0.29, 0.717) is 32.6 Å². The molecule has 108 valence electrons. The van der Waals surface area contributed by atoms with Gasteiger partial charge in [0.25, 0.3) is 0 Å². The molecule has 19 heavy (non-hydrogen) atoms. The Kier molecular flexibility index (Phi) is 6.67. The Morgan fingerprint density at radius 1 is 1.21 bits per heavy atom. The number of nitrogens with two attached hydrogens (primary N) is 1. The molecule has 0 aromatic heterocycles. The lowest BCUT2D eigenvalue weighted by molar-refractivity contribution is 0.0309. The summed E-state index contributed by atoms with van der Waals surface area (Å²) < 4.78 is 11.1. The van der Waals surface area contributed by atoms with Gasteiger partial charge in [-0.3, -0.25) is 0 Å². The van der Waals surface area contributed by atoms with E-state index in [0.717, 1.165) is 17.9 Å². The molecule has 0 bridgehead atoms. The van der Waals surface area contributed by atoms with Crippen molar-refractivity contribution < 1.29 is 14.6 Å². The van der Waals surface area contributed by atoms with Crippen LogP contribution in [-0.4, -0.2) is 30.5 Å². The highest BCUT2D eigenvalue weighted by atomic mass is 16.5. The molecule has 1 rings (SSSR count). The first-order valence-corrected chi connectivity index (χ1v) is 6.91. The van der Waals surface area contributed by atoms with Gasteiger partial charge in [-0.1, -0.05) is 13.0 Å². The number of aliphatic hydroxyl groups is 1. The van der Waals surface area contributed by atoms with E-state index in [9.17, 15) is 5.11 Å². The molecule has 0 saturated carbocycles. The molecule has 0 aliphatic rings. The first-order valence-electron chi connectivity index (χ1n) is 6.91. The Balaban J connectivity index is 2.35. The van der Waals surface area contributed by atoms with Crippen molar-refractivity contribution in [2.24, 2.45) is 5.73 Å². The Hall–Kier alpha value is -1.26. The second-order valence-corrected chi connectivity index (χ2v) is 4.64. The predicted molar refractivity (Wildman–Crippen MR) is 76.6 cm³/mol. The van der Waals surface area contributed by atoms with E-state index in [1.807, 2.05) is 38.1 Å². The van der Waals surface area contributed by atoms with Crippen LogP contribution in [0.3, 0.4) is 0 Å². The molecule has 4 heteroatoms. The number of hydrogen-bond acceptors (Lipinski definition) is 4. The molecule has 0 fully saturated rings. The topological polar surface area (TPSA) is 64.7 Å². The van der Waals surface area contributed by atoms with Crippen molar-refractivity contribution in [3.05, 3.63) is 24.3 Å². The molecule has 1 aromatic carbocycles. The molecule has 0 saturated heterocycles. The van der Waals surface area contributed by atoms with Gasteiger partial charge in [-0.2, -0.15) is 0 Å². The van der Waals surface area contributed by atoms with Crippen LogP contribution < -0.4 is 15.2 Å². The third-order valence-corrected chi connectivity index (χ3v) is 3.21. The smallest absolute Gasteiger partial charge is 0.122 e. The Bertz CT molecular complexity index is 364. The Labute approximate surface area is 115 Å². The van der Waals surface area contributed by atoms with Crippen molar-refractivity contribution in [1.82, 2.24) is 0 Å². The van der Waals surface area contributed by atoms with Crippen LogP contribution in [0.4, 0.5) is 0 Å². The minimum absolute atomic E-state index is 0.295. The van der Waals surface area contributed by atoms with Crippen LogP contribution >= 0.6 is 0 Å². The summed E-state index contributed by atoms with van der Waals surface area (Å²) in [5.41, 5.74) is 4.80. The van der Waals surface area contributed by atoms with Gasteiger partial charge in [0, 0.05) is 12.6 Å². The molecule has 0 heterocycles. The zero-order chi connectivity index (χ0) is 14.1. The van der Waals surface area contributed by atoms with Gasteiger partial charge in [0.15, 0.2) is 0 Å². The molecule has 4 nitrogen and oxygen atoms in total. The summed E-state index contributed by atoms with van der Waals surface area (Å²) in [5.74, 6) is 1.60. The SMILES string of the molecule is CCOc1cccc(OCCCC(O)(CC)CN)c1. The lowest BCUT2D eigenvalue weighted by Crippen LogP contribution is -2.37. The fourth-order valence-electron chi connectivity index (χ4n) is 1.83. The summed E-state index contributed by atoms with van der Waals surface area (Å²) in [6.45, 7) is 5.40. The minimum atomic E-state index is -0.753. The third-order valence-electron chi connectivity index (χ3n) is 3.21. The van der Waals surface area contributed by atoms with Gasteiger partial charge < -0.3 is 20.3 Å². The average Bonchev–Trinajstić information content (AvgIpc) is 2.44. The van der Waals surface area contributed by atoms with Crippen molar-refractivity contribution in [2.45, 2.75) is 38.7 Å². The summed E-state index contributed by atoms with van der Waals surface area (Å²) in [7, 11) is 0. The zero-order valence-electron chi connectivity index (χ0n) is 11.9. The fraction of sp³-hybridized carbons (Fsp3) is 0.600. The zero-order valence-corrected chi connectivity index (χ0v) is 11.9. The normalized spacial score (nSPS) is 13.9. The molecular formula is C15H25NO3. The van der Waals surface area contributed by atoms with E-state index < -0.39 is 5.60 Å². The number of ether oxygens (including phenoxy) is 2. The predicted octanol–water partition coefficient (Wildman–Crippen LogP) is 2.34. The van der Waals surface area contributed by atoms with Crippen LogP contribution in [0.2, 0.25) is 0 Å². The number of benzene rings is 1. The van der Waals surface area contributed by atoms with Gasteiger partial charge >= 0.3 is 0 Å². The quantitative estimate of drug-likeness (QED) is 0.674. The monoisotopic (exact) mass is 267 g/mol. The molecule has 1 aromatic rings. The maximum absolute atomic E-state index is 10.0. The highest BCUT2D eigenvalue weighted by Crippen LogP contribution is 2.20. The molecule has 0 spiro atoms. The molecule has 0 amide bonds. The summed E-state index contributed by atoms with van der Waals surface area (Å²) in [6, 6.07) is 7.58. The Morgan fingerprint density at radius 3 is 2.47 bits per heavy atom. The number of rotatable bonds is 9. The molecule has 0 radical (unpaired) electrons. The minimum Gasteiger partial charge on any atom is -0.494 e. The van der Waals surface area contributed by atoms with Crippen LogP contribution in [-0.2, 0) is 0 Å². The van der Waals surface area contributed by atoms with Crippen molar-refractivity contribution in [1.29, 1.82) is 0 Å². The van der Waals surface area contributed by atoms with Crippen LogP contribution in [0.15, 0.2) is 24.3 Å². The third kappa shape index (κ3) is 5.49. The van der Waals surface area contributed by atoms with E-state index in [-0.39, 0.29) is 0 Å². The van der Waals surface area contributed by atoms with Crippen molar-refractivity contribution in [2.75, 3.05) is 19.8 Å². The highest BCUT2D eigenvalue weighted by Gasteiger charge is 2.21. The first kappa shape index (κ1) is 15.8. The van der Waals surface area contributed by atoms with Crippen molar-refractivity contribution in [3.63, 3.8) is 0 Å². The van der Waals surface area contributed by atoms with Crippen LogP contribution in [0.1, 0.15) is 33.1 Å². The van der Waals surface area contributed by atoms with Gasteiger partial charge in [-0.15, -0.1) is 0 Å². The summed E-state index contributed by atoms with van der Waals surface area (Å²) in [4.78, 5) is 0. The van der Waals surface area contributed by atoms with Gasteiger partial charge in [-0.05, 0) is 38.3 Å². The van der Waals surface area contributed by atoms with E-state index in [2.05, 4.69) is 0 Å². The highest BCUT2D eigenvalue weighted by molar-refractivity contribution is 5.32. The lowest BCUT2D eigenvalue weighted by Gasteiger charge is -2.24. The Morgan fingerprint density at radius 2 is 1.89 bits per heavy atom. The van der Waals surface area contributed by atoms with Crippen molar-refractivity contribution in [3.8, 4) is 11.5 Å². The van der Waals surface area contributed by atoms with Gasteiger partial charge in [-0.25, -0.2) is 0 Å². The van der Waals surface area contributed by atoms with Gasteiger partial charge in [0.2, 0.25) is 0 Å². The molecule has 0 aliphatic heterocycles. The van der Waals surface area contributed by atoms with Crippen LogP contribution in [0, 0.1) is 0 Å². The molecular weight excluding hydrogens is 242 g/mol. The van der Waals surface area contributed by atoms with E-state index in [4.69, 9.17) is 15.2 Å². The van der Waals surface area contributed by atoms with Gasteiger partial charge in [0.1, 0.15) is 11.5 Å². The second kappa shape index (κ2) is 8.02. The maximum atomic E-state index is 10.0. The summed E-state index contributed by atoms with van der Waals surface area (Å²) in [6.07, 6.45) is 2.11. The largest absolute Gasteiger partial charge is 0.494 e.